The molecule has 16 heavy (non-hydrogen) atoms. The lowest BCUT2D eigenvalue weighted by Gasteiger charge is -2.17. The number of thiol groups is 1. The number of aromatic nitrogens is 2. The van der Waals surface area contributed by atoms with Gasteiger partial charge in [-0.1, -0.05) is 0 Å². The highest BCUT2D eigenvalue weighted by Gasteiger charge is 2.08. The van der Waals surface area contributed by atoms with Crippen LogP contribution in [-0.2, 0) is 11.3 Å². The zero-order chi connectivity index (χ0) is 12.1. The Morgan fingerprint density at radius 1 is 1.69 bits per heavy atom. The molecule has 0 fully saturated rings. The number of amides is 1. The molecule has 0 aliphatic heterocycles. The highest BCUT2D eigenvalue weighted by atomic mass is 32.1. The topological polar surface area (TPSA) is 72.1 Å². The van der Waals surface area contributed by atoms with Gasteiger partial charge in [-0.25, -0.2) is 9.97 Å². The lowest BCUT2D eigenvalue weighted by molar-refractivity contribution is -0.116. The van der Waals surface area contributed by atoms with Crippen molar-refractivity contribution < 1.29 is 4.79 Å². The van der Waals surface area contributed by atoms with E-state index in [4.69, 9.17) is 5.73 Å². The van der Waals surface area contributed by atoms with E-state index in [9.17, 15) is 4.79 Å². The number of aryl methyl sites for hydroxylation is 1. The molecule has 0 atom stereocenters. The summed E-state index contributed by atoms with van der Waals surface area (Å²) in [5.74, 6) is 1.01. The van der Waals surface area contributed by atoms with Crippen LogP contribution < -0.4 is 5.73 Å². The van der Waals surface area contributed by atoms with E-state index in [2.05, 4.69) is 22.6 Å². The predicted molar refractivity (Wildman–Crippen MR) is 65.5 cm³/mol. The third-order valence-electron chi connectivity index (χ3n) is 2.13. The van der Waals surface area contributed by atoms with Gasteiger partial charge in [-0.2, -0.15) is 0 Å². The smallest absolute Gasteiger partial charge is 0.214 e. The van der Waals surface area contributed by atoms with Crippen LogP contribution in [0, 0.1) is 6.92 Å². The van der Waals surface area contributed by atoms with E-state index in [1.165, 1.54) is 4.90 Å². The van der Waals surface area contributed by atoms with Crippen LogP contribution in [0.2, 0.25) is 0 Å². The minimum absolute atomic E-state index is 0.346. The van der Waals surface area contributed by atoms with Gasteiger partial charge in [-0.05, 0) is 19.3 Å². The van der Waals surface area contributed by atoms with Gasteiger partial charge in [0.1, 0.15) is 11.6 Å². The zero-order valence-electron chi connectivity index (χ0n) is 9.21. The summed E-state index contributed by atoms with van der Waals surface area (Å²) in [6.45, 7) is 3.89. The molecule has 0 saturated carbocycles. The first-order chi connectivity index (χ1) is 7.58. The van der Waals surface area contributed by atoms with Gasteiger partial charge in [0.25, 0.3) is 0 Å². The van der Waals surface area contributed by atoms with Gasteiger partial charge in [0.2, 0.25) is 6.41 Å². The second-order valence-corrected chi connectivity index (χ2v) is 3.59. The van der Waals surface area contributed by atoms with E-state index in [1.54, 1.807) is 25.5 Å². The van der Waals surface area contributed by atoms with Crippen molar-refractivity contribution in [3.05, 3.63) is 28.7 Å². The number of carbonyl (C=O) groups is 1. The van der Waals surface area contributed by atoms with E-state index in [0.29, 0.717) is 23.8 Å². The molecule has 0 aliphatic carbocycles. The van der Waals surface area contributed by atoms with E-state index in [1.807, 2.05) is 0 Å². The number of nitrogens with two attached hydrogens (primary N) is 1. The number of nitrogen functional groups attached to an aromatic ring is 1. The largest absolute Gasteiger partial charge is 0.383 e. The second-order valence-electron chi connectivity index (χ2n) is 3.33. The minimum Gasteiger partial charge on any atom is -0.383 e. The van der Waals surface area contributed by atoms with Crippen molar-refractivity contribution in [2.75, 3.05) is 5.73 Å². The van der Waals surface area contributed by atoms with Crippen LogP contribution in [0.15, 0.2) is 17.3 Å². The SMILES string of the molecule is C/C(=C/S)N(C=O)Cc1cnc(C)nc1N. The summed E-state index contributed by atoms with van der Waals surface area (Å²) in [4.78, 5) is 20.4. The van der Waals surface area contributed by atoms with Gasteiger partial charge >= 0.3 is 0 Å². The quantitative estimate of drug-likeness (QED) is 0.609. The molecular weight excluding hydrogens is 224 g/mol. The fraction of sp³-hybridized carbons (Fsp3) is 0.300. The number of rotatable bonds is 4. The lowest BCUT2D eigenvalue weighted by atomic mass is 10.3. The molecule has 1 heterocycles. The molecule has 0 aromatic carbocycles. The first kappa shape index (κ1) is 12.5. The van der Waals surface area contributed by atoms with Crippen LogP contribution in [0.3, 0.4) is 0 Å². The molecule has 0 radical (unpaired) electrons. The summed E-state index contributed by atoms with van der Waals surface area (Å²) in [6, 6.07) is 0. The van der Waals surface area contributed by atoms with E-state index in [-0.39, 0.29) is 0 Å². The highest BCUT2D eigenvalue weighted by molar-refractivity contribution is 7.83. The molecule has 6 heteroatoms. The molecule has 0 saturated heterocycles. The fourth-order valence-corrected chi connectivity index (χ4v) is 1.29. The number of allylic oxidation sites excluding steroid dienone is 1. The Bertz CT molecular complexity index is 419. The molecule has 0 spiro atoms. The molecular formula is C10H14N4OS. The Kier molecular flexibility index (Phi) is 4.30. The third-order valence-corrected chi connectivity index (χ3v) is 2.50. The molecule has 86 valence electrons. The minimum atomic E-state index is 0.346. The van der Waals surface area contributed by atoms with Crippen molar-refractivity contribution >= 4 is 24.9 Å². The average molecular weight is 238 g/mol. The average Bonchev–Trinajstić information content (AvgIpc) is 2.27. The van der Waals surface area contributed by atoms with Crippen LogP contribution in [0.25, 0.3) is 0 Å². The summed E-state index contributed by atoms with van der Waals surface area (Å²) in [6.07, 6.45) is 2.35. The number of hydrogen-bond donors (Lipinski definition) is 2. The zero-order valence-corrected chi connectivity index (χ0v) is 10.1. The molecule has 0 bridgehead atoms. The number of hydrogen-bond acceptors (Lipinski definition) is 5. The Balaban J connectivity index is 2.90. The Morgan fingerprint density at radius 3 is 2.88 bits per heavy atom. The highest BCUT2D eigenvalue weighted by Crippen LogP contribution is 2.13. The molecule has 0 unspecified atom stereocenters. The van der Waals surface area contributed by atoms with Crippen molar-refractivity contribution in [1.29, 1.82) is 0 Å². The maximum absolute atomic E-state index is 10.9. The molecule has 5 nitrogen and oxygen atoms in total. The van der Waals surface area contributed by atoms with Gasteiger partial charge in [0.05, 0.1) is 6.54 Å². The summed E-state index contributed by atoms with van der Waals surface area (Å²) < 4.78 is 0. The molecule has 0 aliphatic rings. The van der Waals surface area contributed by atoms with Crippen LogP contribution in [0.1, 0.15) is 18.3 Å². The third kappa shape index (κ3) is 2.96. The first-order valence-electron chi connectivity index (χ1n) is 4.69. The van der Waals surface area contributed by atoms with Crippen LogP contribution >= 0.6 is 12.6 Å². The summed E-state index contributed by atoms with van der Waals surface area (Å²) >= 11 is 3.99. The number of nitrogens with zero attached hydrogens (tertiary/aromatic N) is 3. The van der Waals surface area contributed by atoms with Crippen molar-refractivity contribution in [2.24, 2.45) is 0 Å². The van der Waals surface area contributed by atoms with Crippen LogP contribution in [-0.4, -0.2) is 21.3 Å². The maximum atomic E-state index is 10.9. The van der Waals surface area contributed by atoms with E-state index < -0.39 is 0 Å². The standard InChI is InChI=1S/C10H14N4OS/c1-7(5-16)14(6-15)4-9-3-12-8(2)13-10(9)11/h3,5-6,16H,4H2,1-2H3,(H2,11,12,13)/b7-5-. The molecule has 1 amide bonds. The summed E-state index contributed by atoms with van der Waals surface area (Å²) in [5.41, 5.74) is 7.18. The molecule has 1 aromatic heterocycles. The van der Waals surface area contributed by atoms with Crippen molar-refractivity contribution in [2.45, 2.75) is 20.4 Å². The maximum Gasteiger partial charge on any atom is 0.214 e. The Hall–Kier alpha value is -1.56. The second kappa shape index (κ2) is 5.50. The summed E-state index contributed by atoms with van der Waals surface area (Å²) in [5, 5.41) is 1.56. The van der Waals surface area contributed by atoms with Crippen molar-refractivity contribution in [3.63, 3.8) is 0 Å². The molecule has 1 rings (SSSR count). The normalized spacial score (nSPS) is 11.3. The van der Waals surface area contributed by atoms with E-state index in [0.717, 1.165) is 12.1 Å². The lowest BCUT2D eigenvalue weighted by Crippen LogP contribution is -2.20. The van der Waals surface area contributed by atoms with Gasteiger partial charge in [-0.15, -0.1) is 12.6 Å². The van der Waals surface area contributed by atoms with Crippen molar-refractivity contribution in [1.82, 2.24) is 14.9 Å². The first-order valence-corrected chi connectivity index (χ1v) is 5.21. The van der Waals surface area contributed by atoms with Crippen LogP contribution in [0.5, 0.6) is 0 Å². The van der Waals surface area contributed by atoms with Gasteiger partial charge in [0, 0.05) is 17.5 Å². The monoisotopic (exact) mass is 238 g/mol. The predicted octanol–water partition coefficient (Wildman–Crippen LogP) is 1.12. The molecule has 1 aromatic rings. The van der Waals surface area contributed by atoms with Gasteiger partial charge < -0.3 is 10.6 Å². The fourth-order valence-electron chi connectivity index (χ4n) is 1.14. The number of carbonyl (C=O) groups excluding carboxylic acids is 1. The Labute approximate surface area is 99.8 Å². The number of anilines is 1. The van der Waals surface area contributed by atoms with Gasteiger partial charge in [0.15, 0.2) is 0 Å². The Morgan fingerprint density at radius 2 is 2.38 bits per heavy atom. The van der Waals surface area contributed by atoms with Gasteiger partial charge in [-0.3, -0.25) is 4.79 Å². The molecule has 2 N–H and O–H groups in total. The summed E-state index contributed by atoms with van der Waals surface area (Å²) in [7, 11) is 0. The van der Waals surface area contributed by atoms with E-state index >= 15 is 0 Å². The van der Waals surface area contributed by atoms with Crippen LogP contribution in [0.4, 0.5) is 5.82 Å². The van der Waals surface area contributed by atoms with Crippen molar-refractivity contribution in [3.8, 4) is 0 Å².